The Hall–Kier alpha value is -5.42. The summed E-state index contributed by atoms with van der Waals surface area (Å²) in [5.74, 6) is -2.18. The van der Waals surface area contributed by atoms with Gasteiger partial charge in [0.05, 0.1) is 29.0 Å². The van der Waals surface area contributed by atoms with Crippen LogP contribution in [0.25, 0.3) is 28.0 Å². The van der Waals surface area contributed by atoms with Gasteiger partial charge in [-0.15, -0.1) is 0 Å². The number of halogens is 5. The zero-order valence-electron chi connectivity index (χ0n) is 19.6. The average molecular weight is 531 g/mol. The minimum absolute atomic E-state index is 0.126. The van der Waals surface area contributed by atoms with Gasteiger partial charge in [0.2, 0.25) is 0 Å². The van der Waals surface area contributed by atoms with E-state index in [0.29, 0.717) is 27.3 Å². The Balaban J connectivity index is 0.000000379. The molecule has 0 aliphatic heterocycles. The smallest absolute Gasteiger partial charge is 0.267 e. The number of rotatable bonds is 2. The molecule has 5 rings (SSSR count). The molecule has 0 aliphatic carbocycles. The van der Waals surface area contributed by atoms with Crippen molar-refractivity contribution in [2.75, 3.05) is 0 Å². The maximum atomic E-state index is 14.2. The maximum absolute atomic E-state index is 14.2. The van der Waals surface area contributed by atoms with E-state index in [1.54, 1.807) is 12.1 Å². The summed E-state index contributed by atoms with van der Waals surface area (Å²) in [4.78, 5) is 16.6. The Bertz CT molecular complexity index is 1800. The van der Waals surface area contributed by atoms with E-state index >= 15 is 0 Å². The van der Waals surface area contributed by atoms with E-state index < -0.39 is 40.2 Å². The average Bonchev–Trinajstić information content (AvgIpc) is 2.92. The Labute approximate surface area is 217 Å². The molecule has 0 spiro atoms. The van der Waals surface area contributed by atoms with Crippen LogP contribution in [0.15, 0.2) is 89.7 Å². The first-order valence-corrected chi connectivity index (χ1v) is 11.0. The van der Waals surface area contributed by atoms with Crippen LogP contribution in [-0.2, 0) is 6.18 Å². The van der Waals surface area contributed by atoms with Crippen molar-refractivity contribution in [3.8, 4) is 34.5 Å². The highest BCUT2D eigenvalue weighted by Crippen LogP contribution is 2.37. The highest BCUT2D eigenvalue weighted by Gasteiger charge is 2.37. The Morgan fingerprint density at radius 1 is 0.769 bits per heavy atom. The number of alkyl halides is 3. The van der Waals surface area contributed by atoms with Crippen molar-refractivity contribution in [1.82, 2.24) is 14.6 Å². The zero-order chi connectivity index (χ0) is 28.2. The summed E-state index contributed by atoms with van der Waals surface area (Å²) in [6.45, 7) is 0. The van der Waals surface area contributed by atoms with Crippen molar-refractivity contribution in [3.05, 3.63) is 124 Å². The second kappa shape index (κ2) is 10.9. The van der Waals surface area contributed by atoms with Crippen LogP contribution in [-0.4, -0.2) is 14.6 Å². The fourth-order valence-corrected chi connectivity index (χ4v) is 3.54. The topological polar surface area (TPSA) is 94.8 Å². The van der Waals surface area contributed by atoms with Crippen LogP contribution in [0.5, 0.6) is 0 Å². The molecule has 0 radical (unpaired) electrons. The van der Waals surface area contributed by atoms with Gasteiger partial charge >= 0.3 is 6.18 Å². The van der Waals surface area contributed by atoms with Crippen molar-refractivity contribution in [2.45, 2.75) is 6.18 Å². The lowest BCUT2D eigenvalue weighted by molar-refractivity contribution is -0.141. The van der Waals surface area contributed by atoms with Crippen molar-refractivity contribution in [1.29, 1.82) is 10.5 Å². The molecule has 0 aliphatic rings. The molecule has 6 nitrogen and oxygen atoms in total. The SMILES string of the molecule is N#Cc1ccc(-c2cc(=O)n3nc(C(F)(F)F)c(-c4ccc(F)cc4F)cc3n2)cc1.N#Cc1ccccc1. The monoisotopic (exact) mass is 531 g/mol. The van der Waals surface area contributed by atoms with E-state index in [4.69, 9.17) is 10.5 Å². The molecule has 0 unspecified atom stereocenters. The number of fused-ring (bicyclic) bond motifs is 1. The lowest BCUT2D eigenvalue weighted by Crippen LogP contribution is -2.22. The number of hydrogen-bond acceptors (Lipinski definition) is 5. The third kappa shape index (κ3) is 5.95. The first kappa shape index (κ1) is 26.6. The molecule has 0 bridgehead atoms. The van der Waals surface area contributed by atoms with Crippen LogP contribution >= 0.6 is 0 Å². The number of benzene rings is 3. The summed E-state index contributed by atoms with van der Waals surface area (Å²) in [5.41, 5.74) is -2.25. The van der Waals surface area contributed by atoms with Crippen LogP contribution in [0.1, 0.15) is 16.8 Å². The summed E-state index contributed by atoms with van der Waals surface area (Å²) in [6, 6.07) is 23.1. The largest absolute Gasteiger partial charge is 0.435 e. The van der Waals surface area contributed by atoms with Crippen molar-refractivity contribution in [2.24, 2.45) is 0 Å². The zero-order valence-corrected chi connectivity index (χ0v) is 19.6. The van der Waals surface area contributed by atoms with Gasteiger partial charge in [0, 0.05) is 28.8 Å². The first-order chi connectivity index (χ1) is 18.6. The molecule has 2 aromatic heterocycles. The molecule has 11 heteroatoms. The van der Waals surface area contributed by atoms with Gasteiger partial charge in [0.25, 0.3) is 5.56 Å². The standard InChI is InChI=1S/C21H9F5N4O.C7H5N/c22-13-5-6-14(16(23)7-13)15-8-18-28-17(12-3-1-11(10-27)2-4-12)9-19(31)30(18)29-20(15)21(24,25)26;8-6-7-4-2-1-3-5-7/h1-9H;1-5H. The van der Waals surface area contributed by atoms with Gasteiger partial charge in [0.1, 0.15) is 11.6 Å². The van der Waals surface area contributed by atoms with Crippen LogP contribution in [0.3, 0.4) is 0 Å². The van der Waals surface area contributed by atoms with Gasteiger partial charge in [-0.2, -0.15) is 33.3 Å². The first-order valence-electron chi connectivity index (χ1n) is 11.0. The molecule has 3 aromatic carbocycles. The number of nitriles is 2. The summed E-state index contributed by atoms with van der Waals surface area (Å²) in [7, 11) is 0. The van der Waals surface area contributed by atoms with Gasteiger partial charge in [-0.3, -0.25) is 4.79 Å². The van der Waals surface area contributed by atoms with Gasteiger partial charge < -0.3 is 0 Å². The fourth-order valence-electron chi connectivity index (χ4n) is 3.54. The summed E-state index contributed by atoms with van der Waals surface area (Å²) >= 11 is 0. The number of aromatic nitrogens is 3. The summed E-state index contributed by atoms with van der Waals surface area (Å²) < 4.78 is 68.7. The van der Waals surface area contributed by atoms with E-state index in [1.165, 1.54) is 24.3 Å². The number of nitrogens with zero attached hydrogens (tertiary/aromatic N) is 5. The van der Waals surface area contributed by atoms with Crippen molar-refractivity contribution in [3.63, 3.8) is 0 Å². The molecule has 0 saturated heterocycles. The molecule has 0 amide bonds. The Kier molecular flexibility index (Phi) is 7.45. The number of hydrogen-bond donors (Lipinski definition) is 0. The van der Waals surface area contributed by atoms with Gasteiger partial charge in [0.15, 0.2) is 11.3 Å². The minimum Gasteiger partial charge on any atom is -0.267 e. The third-order valence-corrected chi connectivity index (χ3v) is 5.35. The predicted molar refractivity (Wildman–Crippen MR) is 131 cm³/mol. The molecular formula is C28H14F5N5O. The van der Waals surface area contributed by atoms with Crippen LogP contribution in [0.4, 0.5) is 22.0 Å². The van der Waals surface area contributed by atoms with Crippen LogP contribution in [0.2, 0.25) is 0 Å². The highest BCUT2D eigenvalue weighted by molar-refractivity contribution is 5.72. The normalized spacial score (nSPS) is 10.7. The maximum Gasteiger partial charge on any atom is 0.435 e. The Morgan fingerprint density at radius 3 is 1.97 bits per heavy atom. The lowest BCUT2D eigenvalue weighted by Gasteiger charge is -2.14. The molecule has 0 atom stereocenters. The van der Waals surface area contributed by atoms with E-state index in [-0.39, 0.29) is 11.3 Å². The third-order valence-electron chi connectivity index (χ3n) is 5.35. The molecule has 0 N–H and O–H groups in total. The van der Waals surface area contributed by atoms with Gasteiger partial charge in [-0.25, -0.2) is 13.8 Å². The molecule has 2 heterocycles. The molecule has 5 aromatic rings. The van der Waals surface area contributed by atoms with E-state index in [0.717, 1.165) is 24.3 Å². The van der Waals surface area contributed by atoms with Crippen molar-refractivity contribution < 1.29 is 22.0 Å². The molecule has 192 valence electrons. The predicted octanol–water partition coefficient (Wildman–Crippen LogP) is 6.15. The van der Waals surface area contributed by atoms with E-state index in [1.807, 2.05) is 30.3 Å². The lowest BCUT2D eigenvalue weighted by atomic mass is 10.0. The highest BCUT2D eigenvalue weighted by atomic mass is 19.4. The molecule has 0 fully saturated rings. The molecule has 0 saturated carbocycles. The summed E-state index contributed by atoms with van der Waals surface area (Å²) in [5, 5.41) is 20.5. The minimum atomic E-state index is -5.02. The van der Waals surface area contributed by atoms with E-state index in [2.05, 4.69) is 10.1 Å². The van der Waals surface area contributed by atoms with Crippen molar-refractivity contribution >= 4 is 5.65 Å². The molecule has 39 heavy (non-hydrogen) atoms. The van der Waals surface area contributed by atoms with Gasteiger partial charge in [-0.1, -0.05) is 30.3 Å². The second-order valence-electron chi connectivity index (χ2n) is 7.95. The Morgan fingerprint density at radius 2 is 1.41 bits per heavy atom. The van der Waals surface area contributed by atoms with Crippen LogP contribution in [0, 0.1) is 34.3 Å². The quantitative estimate of drug-likeness (QED) is 0.255. The molecular weight excluding hydrogens is 517 g/mol. The van der Waals surface area contributed by atoms with Crippen LogP contribution < -0.4 is 5.56 Å². The fraction of sp³-hybridized carbons (Fsp3) is 0.0357. The second-order valence-corrected chi connectivity index (χ2v) is 7.95. The summed E-state index contributed by atoms with van der Waals surface area (Å²) in [6.07, 6.45) is -5.02. The van der Waals surface area contributed by atoms with Gasteiger partial charge in [-0.05, 0) is 42.5 Å². The van der Waals surface area contributed by atoms with E-state index in [9.17, 15) is 26.7 Å².